The van der Waals surface area contributed by atoms with Crippen LogP contribution in [0.25, 0.3) is 11.3 Å². The third kappa shape index (κ3) is 4.11. The molecule has 5 nitrogen and oxygen atoms in total. The zero-order chi connectivity index (χ0) is 18.5. The van der Waals surface area contributed by atoms with Crippen LogP contribution in [0.2, 0.25) is 0 Å². The fourth-order valence-corrected chi connectivity index (χ4v) is 2.83. The molecule has 134 valence electrons. The van der Waals surface area contributed by atoms with E-state index in [4.69, 9.17) is 4.42 Å². The fourth-order valence-electron chi connectivity index (χ4n) is 2.83. The third-order valence-electron chi connectivity index (χ3n) is 4.29. The van der Waals surface area contributed by atoms with Crippen molar-refractivity contribution in [1.29, 1.82) is 0 Å². The molecule has 0 saturated carbocycles. The molecule has 0 aliphatic carbocycles. The number of carbonyl (C=O) groups excluding carboxylic acids is 1. The molecule has 2 aromatic heterocycles. The van der Waals surface area contributed by atoms with E-state index in [1.54, 1.807) is 0 Å². The van der Waals surface area contributed by atoms with Gasteiger partial charge in [-0.1, -0.05) is 37.3 Å². The molecule has 5 heteroatoms. The smallest absolute Gasteiger partial charge is 0.251 e. The van der Waals surface area contributed by atoms with Crippen LogP contribution in [0, 0.1) is 6.92 Å². The van der Waals surface area contributed by atoms with Gasteiger partial charge < -0.3 is 14.7 Å². The zero-order valence-electron chi connectivity index (χ0n) is 15.0. The number of aromatic nitrogens is 1. The van der Waals surface area contributed by atoms with Crippen LogP contribution in [0.3, 0.4) is 0 Å². The summed E-state index contributed by atoms with van der Waals surface area (Å²) in [7, 11) is 0. The van der Waals surface area contributed by atoms with Crippen molar-refractivity contribution in [1.82, 2.24) is 10.3 Å². The van der Waals surface area contributed by atoms with Gasteiger partial charge in [-0.15, -0.1) is 0 Å². The molecule has 2 heterocycles. The predicted molar refractivity (Wildman–Crippen MR) is 101 cm³/mol. The van der Waals surface area contributed by atoms with Crippen molar-refractivity contribution in [2.24, 2.45) is 0 Å². The van der Waals surface area contributed by atoms with Crippen molar-refractivity contribution in [3.05, 3.63) is 81.5 Å². The number of furan rings is 1. The number of pyridine rings is 1. The number of hydrogen-bond acceptors (Lipinski definition) is 3. The summed E-state index contributed by atoms with van der Waals surface area (Å²) in [5.41, 5.74) is 3.26. The van der Waals surface area contributed by atoms with Gasteiger partial charge in [-0.25, -0.2) is 0 Å². The highest BCUT2D eigenvalue weighted by Crippen LogP contribution is 2.24. The summed E-state index contributed by atoms with van der Waals surface area (Å²) in [5, 5.41) is 2.87. The lowest BCUT2D eigenvalue weighted by molar-refractivity contribution is -0.120. The maximum absolute atomic E-state index is 12.0. The normalized spacial score (nSPS) is 10.7. The van der Waals surface area contributed by atoms with Gasteiger partial charge in [0.1, 0.15) is 11.5 Å². The van der Waals surface area contributed by atoms with Crippen molar-refractivity contribution < 1.29 is 9.21 Å². The van der Waals surface area contributed by atoms with Gasteiger partial charge in [-0.05, 0) is 37.1 Å². The number of amides is 1. The van der Waals surface area contributed by atoms with E-state index < -0.39 is 0 Å². The number of benzene rings is 1. The van der Waals surface area contributed by atoms with Gasteiger partial charge in [0.25, 0.3) is 5.56 Å². The second-order valence-electron chi connectivity index (χ2n) is 6.22. The second kappa shape index (κ2) is 7.87. The van der Waals surface area contributed by atoms with Gasteiger partial charge in [-0.3, -0.25) is 9.59 Å². The van der Waals surface area contributed by atoms with Gasteiger partial charge in [0.2, 0.25) is 5.91 Å². The van der Waals surface area contributed by atoms with Crippen molar-refractivity contribution in [2.45, 2.75) is 33.2 Å². The Morgan fingerprint density at radius 3 is 2.65 bits per heavy atom. The van der Waals surface area contributed by atoms with Gasteiger partial charge >= 0.3 is 0 Å². The highest BCUT2D eigenvalue weighted by Gasteiger charge is 2.11. The maximum Gasteiger partial charge on any atom is 0.251 e. The van der Waals surface area contributed by atoms with Crippen LogP contribution in [0.5, 0.6) is 0 Å². The first kappa shape index (κ1) is 17.7. The number of aryl methyl sites for hydroxylation is 2. The van der Waals surface area contributed by atoms with Crippen LogP contribution >= 0.6 is 0 Å². The van der Waals surface area contributed by atoms with Crippen molar-refractivity contribution in [3.8, 4) is 11.3 Å². The Kier molecular flexibility index (Phi) is 5.37. The Labute approximate surface area is 152 Å². The lowest BCUT2D eigenvalue weighted by Gasteiger charge is -2.06. The number of aromatic amines is 1. The predicted octanol–water partition coefficient (Wildman–Crippen LogP) is 3.36. The quantitative estimate of drug-likeness (QED) is 0.716. The SMILES string of the molecule is CCc1cc(-c2ccc(CNC(=O)Cc3ccccc3)o2)c(C)[nH]c1=O. The van der Waals surface area contributed by atoms with Gasteiger partial charge in [0.15, 0.2) is 0 Å². The van der Waals surface area contributed by atoms with Crippen molar-refractivity contribution in [3.63, 3.8) is 0 Å². The number of nitrogens with one attached hydrogen (secondary N) is 2. The van der Waals surface area contributed by atoms with Crippen LogP contribution in [-0.2, 0) is 24.2 Å². The molecule has 0 radical (unpaired) electrons. The van der Waals surface area contributed by atoms with E-state index in [1.807, 2.05) is 62.4 Å². The van der Waals surface area contributed by atoms with Gasteiger partial charge in [0.05, 0.1) is 13.0 Å². The molecule has 0 aliphatic rings. The van der Waals surface area contributed by atoms with Crippen LogP contribution in [0.15, 0.2) is 57.7 Å². The summed E-state index contributed by atoms with van der Waals surface area (Å²) in [5.74, 6) is 1.30. The van der Waals surface area contributed by atoms with Crippen molar-refractivity contribution >= 4 is 5.91 Å². The van der Waals surface area contributed by atoms with E-state index in [-0.39, 0.29) is 11.5 Å². The average molecular weight is 350 g/mol. The summed E-state index contributed by atoms with van der Waals surface area (Å²) in [6.07, 6.45) is 0.999. The fraction of sp³-hybridized carbons (Fsp3) is 0.238. The molecule has 0 saturated heterocycles. The molecule has 0 unspecified atom stereocenters. The molecule has 1 amide bonds. The minimum Gasteiger partial charge on any atom is -0.459 e. The molecule has 0 fully saturated rings. The van der Waals surface area contributed by atoms with Crippen LogP contribution < -0.4 is 10.9 Å². The molecule has 0 bridgehead atoms. The van der Waals surface area contributed by atoms with Crippen LogP contribution in [0.1, 0.15) is 29.5 Å². The molecule has 26 heavy (non-hydrogen) atoms. The summed E-state index contributed by atoms with van der Waals surface area (Å²) >= 11 is 0. The van der Waals surface area contributed by atoms with E-state index in [0.717, 1.165) is 22.4 Å². The van der Waals surface area contributed by atoms with Crippen LogP contribution in [-0.4, -0.2) is 10.9 Å². The van der Waals surface area contributed by atoms with E-state index in [9.17, 15) is 9.59 Å². The van der Waals surface area contributed by atoms with E-state index in [1.165, 1.54) is 0 Å². The molecule has 2 N–H and O–H groups in total. The monoisotopic (exact) mass is 350 g/mol. The zero-order valence-corrected chi connectivity index (χ0v) is 15.0. The van der Waals surface area contributed by atoms with Crippen molar-refractivity contribution in [2.75, 3.05) is 0 Å². The first-order valence-corrected chi connectivity index (χ1v) is 8.69. The lowest BCUT2D eigenvalue weighted by atomic mass is 10.1. The topological polar surface area (TPSA) is 75.1 Å². The molecule has 3 rings (SSSR count). The molecule has 0 spiro atoms. The number of carbonyl (C=O) groups is 1. The summed E-state index contributed by atoms with van der Waals surface area (Å²) in [6.45, 7) is 4.12. The first-order chi connectivity index (χ1) is 12.6. The molecular weight excluding hydrogens is 328 g/mol. The standard InChI is InChI=1S/C21H22N2O3/c1-3-16-12-18(14(2)23-21(16)25)19-10-9-17(26-19)13-22-20(24)11-15-7-5-4-6-8-15/h4-10,12H,3,11,13H2,1-2H3,(H,22,24)(H,23,25). The number of H-pyrrole nitrogens is 1. The Morgan fingerprint density at radius 2 is 1.92 bits per heavy atom. The van der Waals surface area contributed by atoms with Gasteiger partial charge in [0, 0.05) is 16.8 Å². The summed E-state index contributed by atoms with van der Waals surface area (Å²) in [4.78, 5) is 26.8. The van der Waals surface area contributed by atoms with Gasteiger partial charge in [-0.2, -0.15) is 0 Å². The Balaban J connectivity index is 1.67. The highest BCUT2D eigenvalue weighted by atomic mass is 16.3. The van der Waals surface area contributed by atoms with E-state index in [2.05, 4.69) is 10.3 Å². The third-order valence-corrected chi connectivity index (χ3v) is 4.29. The minimum absolute atomic E-state index is 0.0531. The van der Waals surface area contributed by atoms with E-state index >= 15 is 0 Å². The average Bonchev–Trinajstić information content (AvgIpc) is 3.10. The molecule has 1 aromatic carbocycles. The summed E-state index contributed by atoms with van der Waals surface area (Å²) in [6, 6.07) is 15.2. The second-order valence-corrected chi connectivity index (χ2v) is 6.22. The molecule has 3 aromatic rings. The first-order valence-electron chi connectivity index (χ1n) is 8.69. The number of hydrogen-bond donors (Lipinski definition) is 2. The number of rotatable bonds is 6. The highest BCUT2D eigenvalue weighted by molar-refractivity contribution is 5.78. The lowest BCUT2D eigenvalue weighted by Crippen LogP contribution is -2.24. The maximum atomic E-state index is 12.0. The Morgan fingerprint density at radius 1 is 1.15 bits per heavy atom. The largest absolute Gasteiger partial charge is 0.459 e. The van der Waals surface area contributed by atoms with Crippen LogP contribution in [0.4, 0.5) is 0 Å². The minimum atomic E-state index is -0.0614. The molecule has 0 atom stereocenters. The summed E-state index contributed by atoms with van der Waals surface area (Å²) < 4.78 is 5.85. The Bertz CT molecular complexity index is 955. The van der Waals surface area contributed by atoms with E-state index in [0.29, 0.717) is 30.9 Å². The Hall–Kier alpha value is -3.08. The molecule has 0 aliphatic heterocycles. The molecular formula is C21H22N2O3.